The molecule has 2 unspecified atom stereocenters. The predicted molar refractivity (Wildman–Crippen MR) is 127 cm³/mol. The van der Waals surface area contributed by atoms with Crippen LogP contribution in [0, 0.1) is 0 Å². The van der Waals surface area contributed by atoms with Crippen LogP contribution < -0.4 is 14.8 Å². The summed E-state index contributed by atoms with van der Waals surface area (Å²) in [6.45, 7) is 0. The first-order valence-electron chi connectivity index (χ1n) is 9.77. The van der Waals surface area contributed by atoms with Crippen LogP contribution in [0.5, 0.6) is 17.2 Å². The number of halogens is 2. The molecule has 4 rings (SSSR count). The lowest BCUT2D eigenvalue weighted by atomic mass is 9.93. The molecule has 7 heteroatoms. The van der Waals surface area contributed by atoms with Gasteiger partial charge in [-0.3, -0.25) is 10.3 Å². The highest BCUT2D eigenvalue weighted by molar-refractivity contribution is 9.10. The van der Waals surface area contributed by atoms with E-state index in [1.165, 1.54) is 0 Å². The highest BCUT2D eigenvalue weighted by Gasteiger charge is 2.28. The molecule has 3 aromatic carbocycles. The van der Waals surface area contributed by atoms with Gasteiger partial charge in [-0.25, -0.2) is 0 Å². The molecule has 0 saturated heterocycles. The third kappa shape index (κ3) is 4.71. The van der Waals surface area contributed by atoms with E-state index in [2.05, 4.69) is 21.2 Å². The normalized spacial score (nSPS) is 18.4. The van der Waals surface area contributed by atoms with E-state index in [0.29, 0.717) is 11.4 Å². The van der Waals surface area contributed by atoms with E-state index >= 15 is 0 Å². The van der Waals surface area contributed by atoms with Gasteiger partial charge in [0.05, 0.1) is 18.7 Å². The molecule has 160 valence electrons. The molecule has 0 aromatic heterocycles. The average molecular weight is 502 g/mol. The summed E-state index contributed by atoms with van der Waals surface area (Å²) >= 11 is 9.79. The van der Waals surface area contributed by atoms with Gasteiger partial charge < -0.3 is 14.6 Å². The Kier molecular flexibility index (Phi) is 6.51. The predicted octanol–water partition coefficient (Wildman–Crippen LogP) is 6.05. The minimum absolute atomic E-state index is 0.167. The second kappa shape index (κ2) is 9.30. The van der Waals surface area contributed by atoms with Crippen LogP contribution in [-0.4, -0.2) is 25.0 Å². The topological polar surface area (TPSA) is 63.1 Å². The summed E-state index contributed by atoms with van der Waals surface area (Å²) in [7, 11) is 3.28. The van der Waals surface area contributed by atoms with E-state index in [4.69, 9.17) is 26.1 Å². The van der Waals surface area contributed by atoms with Crippen molar-refractivity contribution in [2.45, 2.75) is 18.6 Å². The number of nitrogens with zero attached hydrogens (tertiary/aromatic N) is 1. The van der Waals surface area contributed by atoms with Crippen molar-refractivity contribution in [2.75, 3.05) is 14.2 Å². The lowest BCUT2D eigenvalue weighted by molar-refractivity contribution is 0.406. The summed E-state index contributed by atoms with van der Waals surface area (Å²) in [4.78, 5) is 4.99. The highest BCUT2D eigenvalue weighted by atomic mass is 79.9. The van der Waals surface area contributed by atoms with Crippen LogP contribution in [0.25, 0.3) is 0 Å². The van der Waals surface area contributed by atoms with Gasteiger partial charge in [-0.15, -0.1) is 0 Å². The molecule has 3 aromatic rings. The summed E-state index contributed by atoms with van der Waals surface area (Å²) in [5.41, 5.74) is 3.66. The number of hydrogen-bond donors (Lipinski definition) is 2. The van der Waals surface area contributed by atoms with Crippen molar-refractivity contribution in [2.24, 2.45) is 4.99 Å². The molecule has 0 bridgehead atoms. The fourth-order valence-corrected chi connectivity index (χ4v) is 4.43. The van der Waals surface area contributed by atoms with E-state index in [1.807, 2.05) is 42.5 Å². The Morgan fingerprint density at radius 2 is 1.81 bits per heavy atom. The lowest BCUT2D eigenvalue weighted by Crippen LogP contribution is -2.33. The van der Waals surface area contributed by atoms with E-state index < -0.39 is 0 Å². The van der Waals surface area contributed by atoms with E-state index in [1.54, 1.807) is 32.4 Å². The van der Waals surface area contributed by atoms with Crippen molar-refractivity contribution >= 4 is 33.2 Å². The van der Waals surface area contributed by atoms with Crippen LogP contribution in [0.4, 0.5) is 0 Å². The number of benzene rings is 3. The van der Waals surface area contributed by atoms with Gasteiger partial charge >= 0.3 is 0 Å². The molecule has 1 aliphatic rings. The van der Waals surface area contributed by atoms with Crippen LogP contribution >= 0.6 is 27.5 Å². The molecule has 2 N–H and O–H groups in total. The Balaban J connectivity index is 1.76. The largest absolute Gasteiger partial charge is 0.508 e. The minimum atomic E-state index is -0.309. The van der Waals surface area contributed by atoms with Crippen molar-refractivity contribution in [3.63, 3.8) is 0 Å². The number of phenols is 1. The third-order valence-electron chi connectivity index (χ3n) is 5.32. The molecule has 2 atom stereocenters. The molecular formula is C24H22BrClN2O3. The second-order valence-corrected chi connectivity index (χ2v) is 8.52. The Bertz CT molecular complexity index is 1120. The molecule has 0 aliphatic carbocycles. The molecule has 1 aliphatic heterocycles. The summed E-state index contributed by atoms with van der Waals surface area (Å²) in [6, 6.07) is 18.7. The molecule has 1 heterocycles. The fourth-order valence-electron chi connectivity index (χ4n) is 3.69. The first-order valence-corrected chi connectivity index (χ1v) is 10.9. The zero-order chi connectivity index (χ0) is 22.0. The van der Waals surface area contributed by atoms with Gasteiger partial charge in [-0.1, -0.05) is 17.7 Å². The smallest absolute Gasteiger partial charge is 0.133 e. The number of nitrogens with one attached hydrogen (secondary N) is 1. The summed E-state index contributed by atoms with van der Waals surface area (Å²) in [6.07, 6.45) is 0.296. The maximum atomic E-state index is 10.5. The van der Waals surface area contributed by atoms with Crippen LogP contribution in [0.1, 0.15) is 35.3 Å². The van der Waals surface area contributed by atoms with Gasteiger partial charge in [0, 0.05) is 28.8 Å². The number of rotatable bonds is 5. The molecule has 0 amide bonds. The molecule has 31 heavy (non-hydrogen) atoms. The van der Waals surface area contributed by atoms with Gasteiger partial charge in [-0.05, 0) is 81.7 Å². The van der Waals surface area contributed by atoms with Crippen LogP contribution in [0.2, 0.25) is 5.02 Å². The van der Waals surface area contributed by atoms with Crippen LogP contribution in [-0.2, 0) is 0 Å². The van der Waals surface area contributed by atoms with Gasteiger partial charge in [0.15, 0.2) is 0 Å². The first kappa shape index (κ1) is 21.7. The van der Waals surface area contributed by atoms with Crippen molar-refractivity contribution in [1.29, 1.82) is 0 Å². The molecule has 0 spiro atoms. The van der Waals surface area contributed by atoms with Gasteiger partial charge in [-0.2, -0.15) is 0 Å². The number of aliphatic imine (C=N–C) groups is 1. The molecule has 0 fully saturated rings. The summed E-state index contributed by atoms with van der Waals surface area (Å²) in [5.74, 6) is 1.74. The van der Waals surface area contributed by atoms with Crippen molar-refractivity contribution in [3.8, 4) is 17.2 Å². The third-order valence-corrected chi connectivity index (χ3v) is 6.18. The summed E-state index contributed by atoms with van der Waals surface area (Å²) < 4.78 is 11.5. The Labute approximate surface area is 194 Å². The SMILES string of the molecule is COc1ccc(C2=NC(c3ccc(OC)c(Br)c3)NC(c3cc(Cl)ccc3O)C2)cc1. The number of ether oxygens (including phenoxy) is 2. The Morgan fingerprint density at radius 1 is 1.03 bits per heavy atom. The van der Waals surface area contributed by atoms with Crippen molar-refractivity contribution < 1.29 is 14.6 Å². The average Bonchev–Trinajstić information content (AvgIpc) is 2.80. The van der Waals surface area contributed by atoms with E-state index in [9.17, 15) is 5.11 Å². The zero-order valence-electron chi connectivity index (χ0n) is 17.1. The maximum Gasteiger partial charge on any atom is 0.133 e. The standard InChI is InChI=1S/C24H22BrClN2O3/c1-30-17-7-3-14(4-8-17)20-13-21(18-12-16(26)6-9-22(18)29)28-24(27-20)15-5-10-23(31-2)19(25)11-15/h3-12,21,24,28-29H,13H2,1-2H3. The summed E-state index contributed by atoms with van der Waals surface area (Å²) in [5, 5.41) is 14.6. The number of phenolic OH excluding ortho intramolecular Hbond substituents is 1. The molecule has 0 radical (unpaired) electrons. The molecular weight excluding hydrogens is 480 g/mol. The lowest BCUT2D eigenvalue weighted by Gasteiger charge is -2.31. The van der Waals surface area contributed by atoms with Crippen LogP contribution in [0.3, 0.4) is 0 Å². The highest BCUT2D eigenvalue weighted by Crippen LogP contribution is 2.37. The first-order chi connectivity index (χ1) is 15.0. The Morgan fingerprint density at radius 3 is 2.48 bits per heavy atom. The van der Waals surface area contributed by atoms with Gasteiger partial charge in [0.2, 0.25) is 0 Å². The van der Waals surface area contributed by atoms with E-state index in [-0.39, 0.29) is 18.0 Å². The zero-order valence-corrected chi connectivity index (χ0v) is 19.4. The van der Waals surface area contributed by atoms with Crippen LogP contribution in [0.15, 0.2) is 70.1 Å². The van der Waals surface area contributed by atoms with E-state index in [0.717, 1.165) is 38.4 Å². The van der Waals surface area contributed by atoms with Crippen molar-refractivity contribution in [3.05, 3.63) is 86.8 Å². The number of methoxy groups -OCH3 is 2. The number of hydrogen-bond acceptors (Lipinski definition) is 5. The molecule has 0 saturated carbocycles. The molecule has 5 nitrogen and oxygen atoms in total. The number of aromatic hydroxyl groups is 1. The fraction of sp³-hybridized carbons (Fsp3) is 0.208. The minimum Gasteiger partial charge on any atom is -0.508 e. The van der Waals surface area contributed by atoms with Gasteiger partial charge in [0.25, 0.3) is 0 Å². The second-order valence-electron chi connectivity index (χ2n) is 7.23. The van der Waals surface area contributed by atoms with Gasteiger partial charge in [0.1, 0.15) is 23.4 Å². The Hall–Kier alpha value is -2.54. The monoisotopic (exact) mass is 500 g/mol. The quantitative estimate of drug-likeness (QED) is 0.447. The maximum absolute atomic E-state index is 10.5. The van der Waals surface area contributed by atoms with Crippen molar-refractivity contribution in [1.82, 2.24) is 5.32 Å².